The number of hydrogen-bond donors (Lipinski definition) is 0. The van der Waals surface area contributed by atoms with Crippen LogP contribution >= 0.6 is 0 Å². The molecule has 0 unspecified atom stereocenters. The first kappa shape index (κ1) is 9.00. The minimum Gasteiger partial charge on any atom is -0.475 e. The number of aromatic nitrogens is 1. The van der Waals surface area contributed by atoms with Crippen LogP contribution < -0.4 is 4.74 Å². The summed E-state index contributed by atoms with van der Waals surface area (Å²) in [5.74, 6) is 0.628. The van der Waals surface area contributed by atoms with Gasteiger partial charge in [0.25, 0.3) is 0 Å². The summed E-state index contributed by atoms with van der Waals surface area (Å²) in [5, 5.41) is 0. The molecule has 65 valence electrons. The van der Waals surface area contributed by atoms with Gasteiger partial charge >= 0.3 is 0 Å². The second-order valence-electron chi connectivity index (χ2n) is 2.41. The highest BCUT2D eigenvalue weighted by atomic mass is 16.5. The summed E-state index contributed by atoms with van der Waals surface area (Å²) in [6.45, 7) is 3.07. The third kappa shape index (κ3) is 2.88. The normalized spacial score (nSPS) is 9.83. The minimum absolute atomic E-state index is 0.535. The van der Waals surface area contributed by atoms with E-state index < -0.39 is 0 Å². The van der Waals surface area contributed by atoms with Crippen LogP contribution in [-0.2, 0) is 4.74 Å². The van der Waals surface area contributed by atoms with Crippen LogP contribution in [0.25, 0.3) is 0 Å². The Hall–Kier alpha value is -1.09. The van der Waals surface area contributed by atoms with E-state index in [1.54, 1.807) is 13.3 Å². The molecule has 0 saturated carbocycles. The maximum Gasteiger partial charge on any atom is 0.213 e. The van der Waals surface area contributed by atoms with Crippen molar-refractivity contribution >= 4 is 0 Å². The molecule has 1 rings (SSSR count). The van der Waals surface area contributed by atoms with Crippen molar-refractivity contribution in [3.63, 3.8) is 0 Å². The van der Waals surface area contributed by atoms with Crippen LogP contribution in [0.4, 0.5) is 0 Å². The third-order valence-electron chi connectivity index (χ3n) is 1.36. The standard InChI is InChI=1S/C9H12NO2/c1-8-3-4-10-9(7-8)12-6-5-11-2/h4,7H,5-6H2,1-2H3. The summed E-state index contributed by atoms with van der Waals surface area (Å²) in [5.41, 5.74) is 1.03. The van der Waals surface area contributed by atoms with E-state index in [2.05, 4.69) is 11.1 Å². The molecule has 1 aromatic heterocycles. The third-order valence-corrected chi connectivity index (χ3v) is 1.36. The van der Waals surface area contributed by atoms with Gasteiger partial charge in [0.05, 0.1) is 6.61 Å². The fourth-order valence-electron chi connectivity index (χ4n) is 0.770. The van der Waals surface area contributed by atoms with E-state index in [-0.39, 0.29) is 0 Å². The highest BCUT2D eigenvalue weighted by molar-refractivity contribution is 5.17. The molecule has 0 bridgehead atoms. The zero-order valence-electron chi connectivity index (χ0n) is 7.33. The molecule has 0 saturated heterocycles. The van der Waals surface area contributed by atoms with Crippen LogP contribution in [0.15, 0.2) is 12.3 Å². The molecule has 0 fully saturated rings. The van der Waals surface area contributed by atoms with Crippen LogP contribution in [0.1, 0.15) is 5.56 Å². The number of hydrogen-bond acceptors (Lipinski definition) is 3. The summed E-state index contributed by atoms with van der Waals surface area (Å²) >= 11 is 0. The van der Waals surface area contributed by atoms with Crippen molar-refractivity contribution in [3.8, 4) is 5.88 Å². The van der Waals surface area contributed by atoms with Crippen molar-refractivity contribution in [2.75, 3.05) is 20.3 Å². The number of aryl methyl sites for hydroxylation is 1. The average Bonchev–Trinajstić information content (AvgIpc) is 2.05. The number of pyridine rings is 1. The van der Waals surface area contributed by atoms with E-state index in [0.29, 0.717) is 19.1 Å². The molecule has 0 atom stereocenters. The summed E-state index contributed by atoms with van der Waals surface area (Å²) in [6.07, 6.45) is 1.61. The number of ether oxygens (including phenoxy) is 2. The monoisotopic (exact) mass is 166 g/mol. The molecule has 0 spiro atoms. The predicted molar refractivity (Wildman–Crippen MR) is 45.2 cm³/mol. The fourth-order valence-corrected chi connectivity index (χ4v) is 0.770. The van der Waals surface area contributed by atoms with E-state index in [1.165, 1.54) is 0 Å². The van der Waals surface area contributed by atoms with Gasteiger partial charge in [-0.05, 0) is 12.5 Å². The van der Waals surface area contributed by atoms with Gasteiger partial charge in [0, 0.05) is 25.4 Å². The van der Waals surface area contributed by atoms with E-state index in [1.807, 2.05) is 13.0 Å². The van der Waals surface area contributed by atoms with E-state index >= 15 is 0 Å². The Kier molecular flexibility index (Phi) is 3.54. The van der Waals surface area contributed by atoms with E-state index in [0.717, 1.165) is 5.56 Å². The first-order chi connectivity index (χ1) is 5.83. The SMILES string of the molecule is COCCOc1cc(C)[c]cn1. The Morgan fingerprint density at radius 3 is 3.00 bits per heavy atom. The molecule has 1 radical (unpaired) electrons. The Morgan fingerprint density at radius 1 is 1.50 bits per heavy atom. The van der Waals surface area contributed by atoms with Gasteiger partial charge in [-0.2, -0.15) is 0 Å². The summed E-state index contributed by atoms with van der Waals surface area (Å²) in [7, 11) is 1.64. The van der Waals surface area contributed by atoms with E-state index in [9.17, 15) is 0 Å². The highest BCUT2D eigenvalue weighted by Gasteiger charge is 1.93. The summed E-state index contributed by atoms with van der Waals surface area (Å²) < 4.78 is 10.1. The van der Waals surface area contributed by atoms with Gasteiger partial charge in [-0.1, -0.05) is 0 Å². The lowest BCUT2D eigenvalue weighted by molar-refractivity contribution is 0.143. The van der Waals surface area contributed by atoms with Crippen molar-refractivity contribution in [2.24, 2.45) is 0 Å². The van der Waals surface area contributed by atoms with Crippen LogP contribution in [0.5, 0.6) is 5.88 Å². The van der Waals surface area contributed by atoms with Gasteiger partial charge in [-0.3, -0.25) is 0 Å². The number of nitrogens with zero attached hydrogens (tertiary/aromatic N) is 1. The minimum atomic E-state index is 0.535. The Balaban J connectivity index is 2.41. The molecule has 12 heavy (non-hydrogen) atoms. The Labute approximate surface area is 72.3 Å². The Bertz CT molecular complexity index is 238. The van der Waals surface area contributed by atoms with Gasteiger partial charge in [-0.25, -0.2) is 4.98 Å². The Morgan fingerprint density at radius 2 is 2.33 bits per heavy atom. The largest absolute Gasteiger partial charge is 0.475 e. The van der Waals surface area contributed by atoms with Gasteiger partial charge in [0.2, 0.25) is 5.88 Å². The van der Waals surface area contributed by atoms with Crippen molar-refractivity contribution in [1.82, 2.24) is 4.98 Å². The lowest BCUT2D eigenvalue weighted by Crippen LogP contribution is -2.05. The molecule has 0 aromatic carbocycles. The molecule has 3 heteroatoms. The fraction of sp³-hybridized carbons (Fsp3) is 0.444. The van der Waals surface area contributed by atoms with Gasteiger partial charge < -0.3 is 9.47 Å². The molecule has 0 aliphatic carbocycles. The maximum atomic E-state index is 5.27. The van der Waals surface area contributed by atoms with Crippen LogP contribution in [0.3, 0.4) is 0 Å². The second-order valence-corrected chi connectivity index (χ2v) is 2.41. The second kappa shape index (κ2) is 4.72. The lowest BCUT2D eigenvalue weighted by Gasteiger charge is -2.03. The zero-order chi connectivity index (χ0) is 8.81. The first-order valence-corrected chi connectivity index (χ1v) is 3.79. The molecule has 0 aliphatic heterocycles. The van der Waals surface area contributed by atoms with Gasteiger partial charge in [0.1, 0.15) is 6.61 Å². The van der Waals surface area contributed by atoms with Crippen LogP contribution in [0.2, 0.25) is 0 Å². The molecular weight excluding hydrogens is 154 g/mol. The number of rotatable bonds is 4. The molecule has 0 N–H and O–H groups in total. The molecule has 1 aromatic rings. The first-order valence-electron chi connectivity index (χ1n) is 3.79. The van der Waals surface area contributed by atoms with Crippen LogP contribution in [-0.4, -0.2) is 25.3 Å². The average molecular weight is 166 g/mol. The molecule has 0 aliphatic rings. The maximum absolute atomic E-state index is 5.27. The number of methoxy groups -OCH3 is 1. The topological polar surface area (TPSA) is 31.4 Å². The predicted octanol–water partition coefficient (Wildman–Crippen LogP) is 1.22. The lowest BCUT2D eigenvalue weighted by atomic mass is 10.3. The van der Waals surface area contributed by atoms with Crippen LogP contribution in [0, 0.1) is 13.0 Å². The molecule has 1 heterocycles. The highest BCUT2D eigenvalue weighted by Crippen LogP contribution is 2.06. The quantitative estimate of drug-likeness (QED) is 0.630. The molecule has 3 nitrogen and oxygen atoms in total. The van der Waals surface area contributed by atoms with Crippen molar-refractivity contribution in [1.29, 1.82) is 0 Å². The van der Waals surface area contributed by atoms with Crippen molar-refractivity contribution in [3.05, 3.63) is 23.9 Å². The molecule has 0 amide bonds. The van der Waals surface area contributed by atoms with Crippen molar-refractivity contribution in [2.45, 2.75) is 6.92 Å². The summed E-state index contributed by atoms with van der Waals surface area (Å²) in [6, 6.07) is 4.78. The van der Waals surface area contributed by atoms with Gasteiger partial charge in [-0.15, -0.1) is 0 Å². The van der Waals surface area contributed by atoms with E-state index in [4.69, 9.17) is 9.47 Å². The van der Waals surface area contributed by atoms with Crippen molar-refractivity contribution < 1.29 is 9.47 Å². The summed E-state index contributed by atoms with van der Waals surface area (Å²) in [4.78, 5) is 3.98. The smallest absolute Gasteiger partial charge is 0.213 e. The molecular formula is C9H12NO2. The van der Waals surface area contributed by atoms with Gasteiger partial charge in [0.15, 0.2) is 0 Å². The zero-order valence-corrected chi connectivity index (χ0v) is 7.33.